The summed E-state index contributed by atoms with van der Waals surface area (Å²) in [5.41, 5.74) is 1.88. The number of unbranched alkanes of at least 4 members (excludes halogenated alkanes) is 1. The molecule has 6 nitrogen and oxygen atoms in total. The van der Waals surface area contributed by atoms with Crippen LogP contribution in [0.4, 0.5) is 0 Å². The van der Waals surface area contributed by atoms with Gasteiger partial charge in [0.1, 0.15) is 11.5 Å². The van der Waals surface area contributed by atoms with Crippen LogP contribution in [0.3, 0.4) is 0 Å². The summed E-state index contributed by atoms with van der Waals surface area (Å²) in [7, 11) is 3.22. The van der Waals surface area contributed by atoms with Crippen LogP contribution in [0.15, 0.2) is 70.9 Å². The van der Waals surface area contributed by atoms with Crippen LogP contribution >= 0.6 is 11.8 Å². The second-order valence-corrected chi connectivity index (χ2v) is 9.22. The number of methoxy groups -OCH3 is 2. The minimum atomic E-state index is -0.126. The first-order chi connectivity index (χ1) is 16.6. The van der Waals surface area contributed by atoms with Gasteiger partial charge in [-0.3, -0.25) is 9.69 Å². The van der Waals surface area contributed by atoms with E-state index in [-0.39, 0.29) is 11.2 Å². The van der Waals surface area contributed by atoms with Crippen LogP contribution in [0.25, 0.3) is 10.8 Å². The van der Waals surface area contributed by atoms with Crippen molar-refractivity contribution in [3.8, 4) is 11.5 Å². The second kappa shape index (κ2) is 11.2. The Morgan fingerprint density at radius 2 is 1.88 bits per heavy atom. The molecule has 1 saturated heterocycles. The molecule has 1 fully saturated rings. The number of benzene rings is 3. The minimum absolute atomic E-state index is 0.0994. The smallest absolute Gasteiger partial charge is 0.242 e. The van der Waals surface area contributed by atoms with Gasteiger partial charge in [-0.1, -0.05) is 74.0 Å². The molecule has 1 heterocycles. The SMILES string of the molecule is CCCC[C@@H]1S/C(=N/N=C\c2ccc(OC)cc2OC)N(Cc2cccc3ccccc23)C1=O. The number of rotatable bonds is 9. The van der Waals surface area contributed by atoms with E-state index in [1.165, 1.54) is 11.8 Å². The van der Waals surface area contributed by atoms with Crippen molar-refractivity contribution in [3.63, 3.8) is 0 Å². The van der Waals surface area contributed by atoms with Crippen LogP contribution in [-0.2, 0) is 11.3 Å². The van der Waals surface area contributed by atoms with E-state index in [0.29, 0.717) is 23.2 Å². The molecule has 3 aromatic rings. The third kappa shape index (κ3) is 5.25. The van der Waals surface area contributed by atoms with Crippen LogP contribution in [0, 0.1) is 0 Å². The van der Waals surface area contributed by atoms with Crippen molar-refractivity contribution in [2.75, 3.05) is 14.2 Å². The lowest BCUT2D eigenvalue weighted by Crippen LogP contribution is -2.31. The molecule has 7 heteroatoms. The molecule has 176 valence electrons. The molecule has 0 saturated carbocycles. The maximum atomic E-state index is 13.3. The van der Waals surface area contributed by atoms with Crippen molar-refractivity contribution in [2.45, 2.75) is 38.0 Å². The maximum absolute atomic E-state index is 13.3. The third-order valence-electron chi connectivity index (χ3n) is 5.83. The van der Waals surface area contributed by atoms with Crippen molar-refractivity contribution >= 4 is 39.8 Å². The largest absolute Gasteiger partial charge is 0.497 e. The Kier molecular flexibility index (Phi) is 7.85. The Bertz CT molecular complexity index is 1220. The molecule has 34 heavy (non-hydrogen) atoms. The number of carbonyl (C=O) groups is 1. The Balaban J connectivity index is 1.62. The monoisotopic (exact) mass is 475 g/mol. The molecular formula is C27H29N3O3S. The van der Waals surface area contributed by atoms with Gasteiger partial charge in [0.05, 0.1) is 32.2 Å². The molecule has 1 aliphatic heterocycles. The summed E-state index contributed by atoms with van der Waals surface area (Å²) in [6, 6.07) is 19.9. The zero-order chi connectivity index (χ0) is 23.9. The van der Waals surface area contributed by atoms with Crippen molar-refractivity contribution < 1.29 is 14.3 Å². The number of fused-ring (bicyclic) bond motifs is 1. The van der Waals surface area contributed by atoms with Gasteiger partial charge in [-0.05, 0) is 34.9 Å². The lowest BCUT2D eigenvalue weighted by Gasteiger charge is -2.17. The highest BCUT2D eigenvalue weighted by Gasteiger charge is 2.37. The molecular weight excluding hydrogens is 446 g/mol. The molecule has 3 aromatic carbocycles. The zero-order valence-corrected chi connectivity index (χ0v) is 20.5. The van der Waals surface area contributed by atoms with Crippen molar-refractivity contribution in [3.05, 3.63) is 71.8 Å². The van der Waals surface area contributed by atoms with Crippen LogP contribution < -0.4 is 9.47 Å². The maximum Gasteiger partial charge on any atom is 0.242 e. The fourth-order valence-electron chi connectivity index (χ4n) is 3.97. The number of thioether (sulfide) groups is 1. The Hall–Kier alpha value is -3.32. The number of hydrogen-bond acceptors (Lipinski definition) is 6. The van der Waals surface area contributed by atoms with Crippen LogP contribution in [-0.4, -0.2) is 41.7 Å². The predicted molar refractivity (Wildman–Crippen MR) is 140 cm³/mol. The van der Waals surface area contributed by atoms with E-state index >= 15 is 0 Å². The number of amides is 1. The number of nitrogens with zero attached hydrogens (tertiary/aromatic N) is 3. The number of carbonyl (C=O) groups excluding carboxylic acids is 1. The summed E-state index contributed by atoms with van der Waals surface area (Å²) in [5, 5.41) is 11.6. The summed E-state index contributed by atoms with van der Waals surface area (Å²) >= 11 is 1.50. The van der Waals surface area contributed by atoms with Gasteiger partial charge in [-0.15, -0.1) is 5.10 Å². The summed E-state index contributed by atoms with van der Waals surface area (Å²) in [6.07, 6.45) is 4.54. The normalized spacial score (nSPS) is 17.3. The van der Waals surface area contributed by atoms with Gasteiger partial charge in [0, 0.05) is 11.6 Å². The highest BCUT2D eigenvalue weighted by atomic mass is 32.2. The van der Waals surface area contributed by atoms with Crippen LogP contribution in [0.5, 0.6) is 11.5 Å². The first-order valence-corrected chi connectivity index (χ1v) is 12.3. The molecule has 0 radical (unpaired) electrons. The quantitative estimate of drug-likeness (QED) is 0.286. The molecule has 1 amide bonds. The zero-order valence-electron chi connectivity index (χ0n) is 19.7. The fourth-order valence-corrected chi connectivity index (χ4v) is 5.11. The molecule has 1 atom stereocenters. The summed E-state index contributed by atoms with van der Waals surface area (Å²) in [5.74, 6) is 1.45. The van der Waals surface area contributed by atoms with Crippen molar-refractivity contribution in [2.24, 2.45) is 10.2 Å². The minimum Gasteiger partial charge on any atom is -0.497 e. The van der Waals surface area contributed by atoms with Gasteiger partial charge in [-0.2, -0.15) is 5.10 Å². The van der Waals surface area contributed by atoms with E-state index < -0.39 is 0 Å². The first-order valence-electron chi connectivity index (χ1n) is 11.4. The van der Waals surface area contributed by atoms with Gasteiger partial charge in [0.2, 0.25) is 5.91 Å². The molecule has 0 bridgehead atoms. The van der Waals surface area contributed by atoms with Crippen LogP contribution in [0.2, 0.25) is 0 Å². The highest BCUT2D eigenvalue weighted by Crippen LogP contribution is 2.33. The highest BCUT2D eigenvalue weighted by molar-refractivity contribution is 8.15. The van der Waals surface area contributed by atoms with Gasteiger partial charge >= 0.3 is 0 Å². The summed E-state index contributed by atoms with van der Waals surface area (Å²) in [4.78, 5) is 15.1. The topological polar surface area (TPSA) is 63.5 Å². The van der Waals surface area contributed by atoms with Crippen molar-refractivity contribution in [1.29, 1.82) is 0 Å². The first kappa shape index (κ1) is 23.8. The van der Waals surface area contributed by atoms with E-state index in [0.717, 1.165) is 41.2 Å². The van der Waals surface area contributed by atoms with Gasteiger partial charge < -0.3 is 9.47 Å². The van der Waals surface area contributed by atoms with E-state index in [4.69, 9.17) is 9.47 Å². The molecule has 0 unspecified atom stereocenters. The number of ether oxygens (including phenoxy) is 2. The standard InChI is InChI=1S/C27H29N3O3S/c1-4-5-13-25-26(31)30(18-21-11-8-10-19-9-6-7-12-23(19)21)27(34-25)29-28-17-20-14-15-22(32-2)16-24(20)33-3/h6-12,14-17,25H,4-5,13,18H2,1-3H3/b28-17-,29-27+/t25-/m0/s1. The summed E-state index contributed by atoms with van der Waals surface area (Å²) < 4.78 is 10.7. The Morgan fingerprint density at radius 1 is 1.06 bits per heavy atom. The molecule has 0 spiro atoms. The fraction of sp³-hybridized carbons (Fsp3) is 0.296. The number of amidine groups is 1. The summed E-state index contributed by atoms with van der Waals surface area (Å²) in [6.45, 7) is 2.61. The Morgan fingerprint density at radius 3 is 2.68 bits per heavy atom. The average Bonchev–Trinajstić information content (AvgIpc) is 3.17. The van der Waals surface area contributed by atoms with Crippen molar-refractivity contribution in [1.82, 2.24) is 4.90 Å². The third-order valence-corrected chi connectivity index (χ3v) is 7.06. The average molecular weight is 476 g/mol. The lowest BCUT2D eigenvalue weighted by molar-refractivity contribution is -0.126. The molecule has 4 rings (SSSR count). The lowest BCUT2D eigenvalue weighted by atomic mass is 10.0. The van der Waals surface area contributed by atoms with Gasteiger partial charge in [0.25, 0.3) is 0 Å². The van der Waals surface area contributed by atoms with E-state index in [1.54, 1.807) is 31.4 Å². The molecule has 0 aromatic heterocycles. The van der Waals surface area contributed by atoms with E-state index in [9.17, 15) is 4.79 Å². The van der Waals surface area contributed by atoms with Crippen LogP contribution in [0.1, 0.15) is 37.3 Å². The van der Waals surface area contributed by atoms with Gasteiger partial charge in [-0.25, -0.2) is 0 Å². The Labute approximate surface area is 204 Å². The van der Waals surface area contributed by atoms with Gasteiger partial charge in [0.15, 0.2) is 5.17 Å². The molecule has 1 aliphatic rings. The second-order valence-electron chi connectivity index (χ2n) is 8.05. The molecule has 0 N–H and O–H groups in total. The van der Waals surface area contributed by atoms with E-state index in [2.05, 4.69) is 41.4 Å². The molecule has 0 aliphatic carbocycles. The van der Waals surface area contributed by atoms with E-state index in [1.807, 2.05) is 30.3 Å². The predicted octanol–water partition coefficient (Wildman–Crippen LogP) is 5.88. The number of hydrogen-bond donors (Lipinski definition) is 0.